The van der Waals surface area contributed by atoms with Gasteiger partial charge in [0.25, 0.3) is 0 Å². The number of carbonyl (C=O) groups is 2. The molecule has 1 aliphatic rings. The number of rotatable bonds is 7. The highest BCUT2D eigenvalue weighted by molar-refractivity contribution is 7.18. The third-order valence-electron chi connectivity index (χ3n) is 5.39. The van der Waals surface area contributed by atoms with Crippen LogP contribution in [0.2, 0.25) is 0 Å². The van der Waals surface area contributed by atoms with Crippen molar-refractivity contribution in [1.29, 1.82) is 0 Å². The lowest BCUT2D eigenvalue weighted by Crippen LogP contribution is -2.48. The van der Waals surface area contributed by atoms with E-state index in [2.05, 4.69) is 49.9 Å². The van der Waals surface area contributed by atoms with Gasteiger partial charge in [-0.2, -0.15) is 0 Å². The standard InChI is InChI=1S/C23H27N5O2S/c29-21(10-11-23-24-19-8-4-5-9-20(19)31-23)25-26-22(30)12-13-27-14-16-28(17-15-27)18-6-2-1-3-7-18/h1-9H,10-17H2,(H,25,29)(H,26,30). The van der Waals surface area contributed by atoms with Gasteiger partial charge in [-0.05, 0) is 24.3 Å². The van der Waals surface area contributed by atoms with Crippen LogP contribution in [0.1, 0.15) is 17.8 Å². The maximum atomic E-state index is 12.1. The Hall–Kier alpha value is -2.97. The van der Waals surface area contributed by atoms with Crippen LogP contribution in [0, 0.1) is 0 Å². The van der Waals surface area contributed by atoms with Gasteiger partial charge in [-0.1, -0.05) is 30.3 Å². The molecule has 1 aliphatic heterocycles. The average molecular weight is 438 g/mol. The zero-order valence-corrected chi connectivity index (χ0v) is 18.2. The molecule has 4 rings (SSSR count). The summed E-state index contributed by atoms with van der Waals surface area (Å²) in [4.78, 5) is 33.3. The molecule has 0 aliphatic carbocycles. The van der Waals surface area contributed by atoms with Gasteiger partial charge in [0.2, 0.25) is 11.8 Å². The molecule has 0 atom stereocenters. The van der Waals surface area contributed by atoms with Crippen molar-refractivity contribution >= 4 is 39.1 Å². The van der Waals surface area contributed by atoms with Crippen molar-refractivity contribution in [1.82, 2.24) is 20.7 Å². The third-order valence-corrected chi connectivity index (χ3v) is 6.49. The van der Waals surface area contributed by atoms with Gasteiger partial charge in [0.15, 0.2) is 0 Å². The van der Waals surface area contributed by atoms with E-state index in [1.807, 2.05) is 30.3 Å². The van der Waals surface area contributed by atoms with Gasteiger partial charge in [0.05, 0.1) is 15.2 Å². The van der Waals surface area contributed by atoms with E-state index in [9.17, 15) is 9.59 Å². The molecule has 1 fully saturated rings. The van der Waals surface area contributed by atoms with Crippen LogP contribution in [-0.2, 0) is 16.0 Å². The Morgan fingerprint density at radius 3 is 2.29 bits per heavy atom. The molecule has 2 heterocycles. The van der Waals surface area contributed by atoms with E-state index in [0.717, 1.165) is 41.4 Å². The summed E-state index contributed by atoms with van der Waals surface area (Å²) < 4.78 is 1.12. The molecule has 8 heteroatoms. The van der Waals surface area contributed by atoms with Gasteiger partial charge in [-0.15, -0.1) is 11.3 Å². The summed E-state index contributed by atoms with van der Waals surface area (Å²) in [5, 5.41) is 0.928. The van der Waals surface area contributed by atoms with Crippen LogP contribution >= 0.6 is 11.3 Å². The molecular weight excluding hydrogens is 410 g/mol. The van der Waals surface area contributed by atoms with Gasteiger partial charge in [-0.3, -0.25) is 25.3 Å². The lowest BCUT2D eigenvalue weighted by Gasteiger charge is -2.36. The molecule has 1 aromatic heterocycles. The first-order valence-electron chi connectivity index (χ1n) is 10.6. The van der Waals surface area contributed by atoms with E-state index < -0.39 is 0 Å². The van der Waals surface area contributed by atoms with Crippen LogP contribution in [0.5, 0.6) is 0 Å². The van der Waals surface area contributed by atoms with Gasteiger partial charge in [-0.25, -0.2) is 4.98 Å². The monoisotopic (exact) mass is 437 g/mol. The quantitative estimate of drug-likeness (QED) is 0.556. The second kappa shape index (κ2) is 10.4. The highest BCUT2D eigenvalue weighted by atomic mass is 32.1. The number of nitrogens with one attached hydrogen (secondary N) is 2. The summed E-state index contributed by atoms with van der Waals surface area (Å²) in [6, 6.07) is 18.3. The number of fused-ring (bicyclic) bond motifs is 1. The molecule has 0 spiro atoms. The van der Waals surface area contributed by atoms with Crippen LogP contribution in [0.15, 0.2) is 54.6 Å². The Morgan fingerprint density at radius 2 is 1.55 bits per heavy atom. The minimum Gasteiger partial charge on any atom is -0.369 e. The van der Waals surface area contributed by atoms with E-state index in [1.54, 1.807) is 11.3 Å². The van der Waals surface area contributed by atoms with E-state index in [0.29, 0.717) is 25.8 Å². The summed E-state index contributed by atoms with van der Waals surface area (Å²) in [5.41, 5.74) is 7.24. The normalized spacial score (nSPS) is 14.5. The molecule has 3 aromatic rings. The number of anilines is 1. The van der Waals surface area contributed by atoms with Crippen molar-refractivity contribution in [3.8, 4) is 0 Å². The number of hydrogen-bond acceptors (Lipinski definition) is 6. The first kappa shape index (κ1) is 21.3. The van der Waals surface area contributed by atoms with Crippen molar-refractivity contribution in [3.05, 3.63) is 59.6 Å². The number of aryl methyl sites for hydroxylation is 1. The van der Waals surface area contributed by atoms with E-state index >= 15 is 0 Å². The van der Waals surface area contributed by atoms with Gasteiger partial charge in [0.1, 0.15) is 0 Å². The van der Waals surface area contributed by atoms with Gasteiger partial charge < -0.3 is 4.90 Å². The molecule has 2 N–H and O–H groups in total. The molecule has 0 unspecified atom stereocenters. The first-order chi connectivity index (χ1) is 15.2. The second-order valence-electron chi connectivity index (χ2n) is 7.59. The number of hydrazine groups is 1. The summed E-state index contributed by atoms with van der Waals surface area (Å²) >= 11 is 1.60. The smallest absolute Gasteiger partial charge is 0.239 e. The Balaban J connectivity index is 1.11. The molecule has 1 saturated heterocycles. The number of aromatic nitrogens is 1. The van der Waals surface area contributed by atoms with Crippen LogP contribution < -0.4 is 15.8 Å². The maximum Gasteiger partial charge on any atom is 0.239 e. The zero-order chi connectivity index (χ0) is 21.5. The number of nitrogens with zero attached hydrogens (tertiary/aromatic N) is 3. The molecule has 2 aromatic carbocycles. The Labute approximate surface area is 186 Å². The summed E-state index contributed by atoms with van der Waals surface area (Å²) in [5.74, 6) is -0.372. The summed E-state index contributed by atoms with van der Waals surface area (Å²) in [7, 11) is 0. The number of carbonyl (C=O) groups excluding carboxylic acids is 2. The van der Waals surface area contributed by atoms with Gasteiger partial charge >= 0.3 is 0 Å². The van der Waals surface area contributed by atoms with Crippen LogP contribution in [0.4, 0.5) is 5.69 Å². The Kier molecular flexibility index (Phi) is 7.11. The molecule has 162 valence electrons. The Morgan fingerprint density at radius 1 is 0.871 bits per heavy atom. The highest BCUT2D eigenvalue weighted by Crippen LogP contribution is 2.22. The minimum absolute atomic E-state index is 0.168. The number of benzene rings is 2. The molecular formula is C23H27N5O2S. The fraction of sp³-hybridized carbons (Fsp3) is 0.348. The number of thiazole rings is 1. The minimum atomic E-state index is -0.205. The summed E-state index contributed by atoms with van der Waals surface area (Å²) in [6.07, 6.45) is 1.22. The first-order valence-corrected chi connectivity index (χ1v) is 11.4. The summed E-state index contributed by atoms with van der Waals surface area (Å²) in [6.45, 7) is 4.45. The third kappa shape index (κ3) is 6.02. The highest BCUT2D eigenvalue weighted by Gasteiger charge is 2.17. The molecule has 7 nitrogen and oxygen atoms in total. The van der Waals surface area contributed by atoms with Gasteiger partial charge in [0, 0.05) is 57.7 Å². The number of hydrogen-bond donors (Lipinski definition) is 2. The number of para-hydroxylation sites is 2. The zero-order valence-electron chi connectivity index (χ0n) is 17.4. The Bertz CT molecular complexity index is 982. The predicted octanol–water partition coefficient (Wildman–Crippen LogP) is 2.59. The van der Waals surface area contributed by atoms with Crippen LogP contribution in [0.3, 0.4) is 0 Å². The second-order valence-corrected chi connectivity index (χ2v) is 8.70. The van der Waals surface area contributed by atoms with Crippen LogP contribution in [0.25, 0.3) is 10.2 Å². The molecule has 31 heavy (non-hydrogen) atoms. The van der Waals surface area contributed by atoms with Crippen molar-refractivity contribution in [2.75, 3.05) is 37.6 Å². The molecule has 0 radical (unpaired) electrons. The van der Waals surface area contributed by atoms with E-state index in [4.69, 9.17) is 0 Å². The van der Waals surface area contributed by atoms with Crippen molar-refractivity contribution in [3.63, 3.8) is 0 Å². The largest absolute Gasteiger partial charge is 0.369 e. The fourth-order valence-electron chi connectivity index (χ4n) is 3.64. The lowest BCUT2D eigenvalue weighted by atomic mass is 10.2. The molecule has 0 saturated carbocycles. The predicted molar refractivity (Wildman–Crippen MR) is 124 cm³/mol. The SMILES string of the molecule is O=C(CCc1nc2ccccc2s1)NNC(=O)CCN1CCN(c2ccccc2)CC1. The fourth-order valence-corrected chi connectivity index (χ4v) is 4.61. The molecule has 0 bridgehead atoms. The lowest BCUT2D eigenvalue weighted by molar-refractivity contribution is -0.129. The average Bonchev–Trinajstić information content (AvgIpc) is 3.24. The molecule has 2 amide bonds. The number of amides is 2. The maximum absolute atomic E-state index is 12.1. The van der Waals surface area contributed by atoms with E-state index in [1.165, 1.54) is 5.69 Å². The van der Waals surface area contributed by atoms with Crippen molar-refractivity contribution < 1.29 is 9.59 Å². The number of piperazine rings is 1. The van der Waals surface area contributed by atoms with E-state index in [-0.39, 0.29) is 11.8 Å². The van der Waals surface area contributed by atoms with Crippen molar-refractivity contribution in [2.45, 2.75) is 19.3 Å². The topological polar surface area (TPSA) is 77.6 Å². The van der Waals surface area contributed by atoms with Crippen LogP contribution in [-0.4, -0.2) is 54.4 Å². The van der Waals surface area contributed by atoms with Crippen molar-refractivity contribution in [2.24, 2.45) is 0 Å².